The molecule has 1 aliphatic rings. The first-order valence-corrected chi connectivity index (χ1v) is 12.2. The third kappa shape index (κ3) is 6.78. The second kappa shape index (κ2) is 10.7. The summed E-state index contributed by atoms with van der Waals surface area (Å²) in [6.07, 6.45) is 2.92. The number of aliphatic imine (C=N–C) groups is 1. The number of hydrogen-bond donors (Lipinski definition) is 3. The van der Waals surface area contributed by atoms with Gasteiger partial charge in [-0.1, -0.05) is 38.1 Å². The van der Waals surface area contributed by atoms with E-state index >= 15 is 0 Å². The molecule has 0 bridgehead atoms. The van der Waals surface area contributed by atoms with Crippen molar-refractivity contribution in [1.82, 2.24) is 4.72 Å². The number of hydrogen-bond acceptors (Lipinski definition) is 4. The highest BCUT2D eigenvalue weighted by atomic mass is 32.2. The van der Waals surface area contributed by atoms with Crippen molar-refractivity contribution in [2.24, 2.45) is 10.7 Å². The average Bonchev–Trinajstić information content (AvgIpc) is 3.30. The molecule has 1 fully saturated rings. The number of rotatable bonds is 9. The molecule has 4 N–H and O–H groups in total. The zero-order valence-corrected chi connectivity index (χ0v) is 19.0. The van der Waals surface area contributed by atoms with Crippen molar-refractivity contribution < 1.29 is 13.2 Å². The lowest BCUT2D eigenvalue weighted by molar-refractivity contribution is 0.114. The number of anilines is 1. The van der Waals surface area contributed by atoms with E-state index in [1.807, 2.05) is 12.1 Å². The minimum Gasteiger partial charge on any atom is -0.377 e. The third-order valence-corrected chi connectivity index (χ3v) is 6.99. The minimum atomic E-state index is -3.55. The van der Waals surface area contributed by atoms with Crippen molar-refractivity contribution in [3.63, 3.8) is 0 Å². The molecule has 8 heteroatoms. The van der Waals surface area contributed by atoms with Crippen molar-refractivity contribution in [2.75, 3.05) is 18.5 Å². The van der Waals surface area contributed by atoms with Gasteiger partial charge in [0.25, 0.3) is 0 Å². The van der Waals surface area contributed by atoms with E-state index in [9.17, 15) is 8.42 Å². The van der Waals surface area contributed by atoms with Crippen LogP contribution in [0.3, 0.4) is 0 Å². The number of ether oxygens (including phenoxy) is 1. The van der Waals surface area contributed by atoms with E-state index in [0.717, 1.165) is 30.5 Å². The Balaban J connectivity index is 1.53. The minimum absolute atomic E-state index is 0.0369. The Bertz CT molecular complexity index is 967. The summed E-state index contributed by atoms with van der Waals surface area (Å²) >= 11 is 0. The van der Waals surface area contributed by atoms with E-state index in [1.54, 1.807) is 24.3 Å². The fraction of sp³-hybridized carbons (Fsp3) is 0.435. The van der Waals surface area contributed by atoms with E-state index in [1.165, 1.54) is 5.56 Å². The predicted octanol–water partition coefficient (Wildman–Crippen LogP) is 3.58. The predicted molar refractivity (Wildman–Crippen MR) is 125 cm³/mol. The first-order valence-electron chi connectivity index (χ1n) is 10.7. The number of nitrogens with one attached hydrogen (secondary N) is 2. The summed E-state index contributed by atoms with van der Waals surface area (Å²) in [6, 6.07) is 14.8. The SMILES string of the molecule is CCC(C)c1ccc(NC(N)=NCc2ccc(S(=O)(=O)NCC3CCCO3)cc2)cc1. The molecule has 7 nitrogen and oxygen atoms in total. The van der Waals surface area contributed by atoms with Gasteiger partial charge in [-0.25, -0.2) is 18.1 Å². The Kier molecular flexibility index (Phi) is 8.06. The highest BCUT2D eigenvalue weighted by Gasteiger charge is 2.20. The molecule has 1 saturated heterocycles. The maximum Gasteiger partial charge on any atom is 0.240 e. The van der Waals surface area contributed by atoms with Crippen molar-refractivity contribution in [2.45, 2.75) is 56.6 Å². The monoisotopic (exact) mass is 444 g/mol. The molecule has 1 aliphatic heterocycles. The van der Waals surface area contributed by atoms with Crippen LogP contribution in [0.25, 0.3) is 0 Å². The summed E-state index contributed by atoms with van der Waals surface area (Å²) in [5, 5.41) is 3.09. The second-order valence-electron chi connectivity index (χ2n) is 7.89. The van der Waals surface area contributed by atoms with E-state index in [-0.39, 0.29) is 11.0 Å². The van der Waals surface area contributed by atoms with Gasteiger partial charge >= 0.3 is 0 Å². The van der Waals surface area contributed by atoms with Gasteiger partial charge in [-0.3, -0.25) is 0 Å². The summed E-state index contributed by atoms with van der Waals surface area (Å²) in [5.41, 5.74) is 9.04. The summed E-state index contributed by atoms with van der Waals surface area (Å²) < 4.78 is 32.9. The second-order valence-corrected chi connectivity index (χ2v) is 9.66. The molecule has 2 unspecified atom stereocenters. The standard InChI is InChI=1S/C23H32N4O3S/c1-3-17(2)19-8-10-20(11-9-19)27-23(24)25-15-18-6-12-22(13-7-18)31(28,29)26-16-21-5-4-14-30-21/h6-13,17,21,26H,3-5,14-16H2,1-2H3,(H3,24,25,27). The first-order chi connectivity index (χ1) is 14.9. The third-order valence-electron chi connectivity index (χ3n) is 5.56. The topological polar surface area (TPSA) is 106 Å². The van der Waals surface area contributed by atoms with Crippen molar-refractivity contribution in [3.05, 3.63) is 59.7 Å². The molecule has 0 spiro atoms. The molecule has 2 aromatic rings. The van der Waals surface area contributed by atoms with Gasteiger partial charge in [0, 0.05) is 18.8 Å². The summed E-state index contributed by atoms with van der Waals surface area (Å²) in [7, 11) is -3.55. The lowest BCUT2D eigenvalue weighted by Gasteiger charge is -2.12. The van der Waals surface area contributed by atoms with E-state index < -0.39 is 10.0 Å². The van der Waals surface area contributed by atoms with Crippen LogP contribution in [0.2, 0.25) is 0 Å². The molecule has 0 aliphatic carbocycles. The van der Waals surface area contributed by atoms with E-state index in [0.29, 0.717) is 31.6 Å². The molecular weight excluding hydrogens is 412 g/mol. The Morgan fingerprint density at radius 2 is 1.90 bits per heavy atom. The molecule has 0 saturated carbocycles. The Hall–Kier alpha value is -2.42. The van der Waals surface area contributed by atoms with E-state index in [2.05, 4.69) is 41.0 Å². The van der Waals surface area contributed by atoms with Crippen molar-refractivity contribution >= 4 is 21.7 Å². The van der Waals surface area contributed by atoms with Gasteiger partial charge in [-0.2, -0.15) is 0 Å². The zero-order chi connectivity index (χ0) is 22.3. The van der Waals surface area contributed by atoms with Crippen LogP contribution in [0, 0.1) is 0 Å². The number of sulfonamides is 1. The quantitative estimate of drug-likeness (QED) is 0.405. The molecule has 0 aromatic heterocycles. The Labute approximate surface area is 185 Å². The van der Waals surface area contributed by atoms with Crippen LogP contribution < -0.4 is 15.8 Å². The summed E-state index contributed by atoms with van der Waals surface area (Å²) in [6.45, 7) is 5.73. The van der Waals surface area contributed by atoms with Crippen LogP contribution in [0.4, 0.5) is 5.69 Å². The molecule has 31 heavy (non-hydrogen) atoms. The average molecular weight is 445 g/mol. The molecule has 2 aromatic carbocycles. The normalized spacial score (nSPS) is 18.1. The Morgan fingerprint density at radius 1 is 1.19 bits per heavy atom. The number of nitrogens with zero attached hydrogens (tertiary/aromatic N) is 1. The number of nitrogens with two attached hydrogens (primary N) is 1. The summed E-state index contributed by atoms with van der Waals surface area (Å²) in [5.74, 6) is 0.837. The van der Waals surface area contributed by atoms with Crippen LogP contribution in [-0.4, -0.2) is 33.6 Å². The van der Waals surface area contributed by atoms with Gasteiger partial charge < -0.3 is 15.8 Å². The molecule has 0 amide bonds. The molecule has 3 rings (SSSR count). The molecule has 0 radical (unpaired) electrons. The lowest BCUT2D eigenvalue weighted by Crippen LogP contribution is -2.31. The number of guanidine groups is 1. The fourth-order valence-electron chi connectivity index (χ4n) is 3.36. The first kappa shape index (κ1) is 23.2. The van der Waals surface area contributed by atoms with Gasteiger partial charge in [0.15, 0.2) is 5.96 Å². The van der Waals surface area contributed by atoms with Crippen LogP contribution in [0.5, 0.6) is 0 Å². The maximum absolute atomic E-state index is 12.4. The van der Waals surface area contributed by atoms with Gasteiger partial charge in [0.05, 0.1) is 17.5 Å². The maximum atomic E-state index is 12.4. The van der Waals surface area contributed by atoms with Gasteiger partial charge in [-0.15, -0.1) is 0 Å². The largest absolute Gasteiger partial charge is 0.377 e. The number of benzene rings is 2. The zero-order valence-electron chi connectivity index (χ0n) is 18.2. The van der Waals surface area contributed by atoms with Crippen LogP contribution in [0.15, 0.2) is 58.4 Å². The van der Waals surface area contributed by atoms with E-state index in [4.69, 9.17) is 10.5 Å². The summed E-state index contributed by atoms with van der Waals surface area (Å²) in [4.78, 5) is 4.57. The fourth-order valence-corrected chi connectivity index (χ4v) is 4.43. The van der Waals surface area contributed by atoms with Gasteiger partial charge in [-0.05, 0) is 60.6 Å². The molecule has 1 heterocycles. The van der Waals surface area contributed by atoms with Crippen molar-refractivity contribution in [1.29, 1.82) is 0 Å². The lowest BCUT2D eigenvalue weighted by atomic mass is 9.99. The molecular formula is C23H32N4O3S. The van der Waals surface area contributed by atoms with Gasteiger partial charge in [0.1, 0.15) is 0 Å². The molecule has 168 valence electrons. The Morgan fingerprint density at radius 3 is 2.52 bits per heavy atom. The highest BCUT2D eigenvalue weighted by Crippen LogP contribution is 2.20. The van der Waals surface area contributed by atoms with Crippen molar-refractivity contribution in [3.8, 4) is 0 Å². The highest BCUT2D eigenvalue weighted by molar-refractivity contribution is 7.89. The van der Waals surface area contributed by atoms with Crippen LogP contribution >= 0.6 is 0 Å². The smallest absolute Gasteiger partial charge is 0.240 e. The van der Waals surface area contributed by atoms with Gasteiger partial charge in [0.2, 0.25) is 10.0 Å². The van der Waals surface area contributed by atoms with Crippen LogP contribution in [-0.2, 0) is 21.3 Å². The molecule has 2 atom stereocenters. The van der Waals surface area contributed by atoms with Crippen LogP contribution in [0.1, 0.15) is 50.2 Å².